The highest BCUT2D eigenvalue weighted by Crippen LogP contribution is 2.34. The van der Waals surface area contributed by atoms with Crippen LogP contribution >= 0.6 is 0 Å². The number of aromatic nitrogens is 2. The fraction of sp³-hybridized carbons (Fsp3) is 0.517. The predicted molar refractivity (Wildman–Crippen MR) is 155 cm³/mol. The Balaban J connectivity index is 1.63. The van der Waals surface area contributed by atoms with Crippen LogP contribution in [0.1, 0.15) is 48.4 Å². The molecule has 0 bridgehead atoms. The number of amides is 2. The van der Waals surface area contributed by atoms with Crippen molar-refractivity contribution in [3.05, 3.63) is 46.4 Å². The smallest absolute Gasteiger partial charge is 0.328 e. The lowest BCUT2D eigenvalue weighted by Crippen LogP contribution is -2.40. The third-order valence-electron chi connectivity index (χ3n) is 7.31. The molecule has 13 nitrogen and oxygen atoms in total. The maximum atomic E-state index is 13.6. The summed E-state index contributed by atoms with van der Waals surface area (Å²) in [6, 6.07) is 5.28. The van der Waals surface area contributed by atoms with E-state index in [1.807, 2.05) is 23.8 Å². The molecule has 1 fully saturated rings. The number of methoxy groups -OCH3 is 4. The van der Waals surface area contributed by atoms with Crippen molar-refractivity contribution >= 4 is 29.3 Å². The third kappa shape index (κ3) is 6.70. The van der Waals surface area contributed by atoms with E-state index in [1.165, 1.54) is 20.4 Å². The number of carbonyl (C=O) groups is 1. The number of ether oxygens (including phenoxy) is 4. The molecular weight excluding hydrogens is 542 g/mol. The van der Waals surface area contributed by atoms with E-state index in [0.29, 0.717) is 61.1 Å². The monoisotopic (exact) mass is 579 g/mol. The summed E-state index contributed by atoms with van der Waals surface area (Å²) in [4.78, 5) is 37.9. The number of nitrogens with zero attached hydrogens (tertiary/aromatic N) is 5. The van der Waals surface area contributed by atoms with Crippen LogP contribution in [0.3, 0.4) is 0 Å². The molecule has 1 unspecified atom stereocenters. The Labute approximate surface area is 245 Å². The zero-order valence-electron chi connectivity index (χ0n) is 24.6. The first-order valence-corrected chi connectivity index (χ1v) is 13.7. The average molecular weight is 580 g/mol. The van der Waals surface area contributed by atoms with Crippen molar-refractivity contribution < 1.29 is 28.5 Å². The summed E-state index contributed by atoms with van der Waals surface area (Å²) in [6.07, 6.45) is 2.47. The fourth-order valence-corrected chi connectivity index (χ4v) is 5.34. The van der Waals surface area contributed by atoms with Crippen LogP contribution in [0, 0.1) is 11.3 Å². The molecule has 2 aromatic rings. The predicted octanol–water partition coefficient (Wildman–Crippen LogP) is 3.01. The van der Waals surface area contributed by atoms with Gasteiger partial charge in [-0.3, -0.25) is 10.2 Å². The van der Waals surface area contributed by atoms with Gasteiger partial charge in [0.05, 0.1) is 17.9 Å². The minimum Gasteiger partial charge on any atom is -0.383 e. The van der Waals surface area contributed by atoms with E-state index in [1.54, 1.807) is 25.2 Å². The standard InChI is InChI=1S/C29H37N7O6/c1-18(17-39-2)32-22-12-25(31-14-21(22)13-30)33-29(38)36-9-6-7-19-11-20(26(34-27(19)36)28(41-4)42-5)15-35-10-8-24(40-3)23(35)16-37/h11-12,14,18,24,28H,6-10,15,17H2,1-5H3,(H2,31,32,33,38)/t18?,24-/m1/s1. The Bertz CT molecular complexity index is 1370. The molecule has 2 aromatic heterocycles. The lowest BCUT2D eigenvalue weighted by molar-refractivity contribution is -0.109. The summed E-state index contributed by atoms with van der Waals surface area (Å²) in [5.41, 5.74) is 3.59. The molecule has 2 aliphatic heterocycles. The number of urea groups is 1. The van der Waals surface area contributed by atoms with Gasteiger partial charge in [0.15, 0.2) is 0 Å². The van der Waals surface area contributed by atoms with Gasteiger partial charge >= 0.3 is 6.03 Å². The number of fused-ring (bicyclic) bond motifs is 1. The van der Waals surface area contributed by atoms with Gasteiger partial charge in [0, 0.05) is 66.4 Å². The van der Waals surface area contributed by atoms with E-state index in [4.69, 9.17) is 23.9 Å². The van der Waals surface area contributed by atoms with E-state index in [-0.39, 0.29) is 18.0 Å². The summed E-state index contributed by atoms with van der Waals surface area (Å²) in [6.45, 7) is 3.84. The highest BCUT2D eigenvalue weighted by atomic mass is 16.7. The first kappa shape index (κ1) is 30.9. The molecule has 4 rings (SSSR count). The van der Waals surface area contributed by atoms with Crippen molar-refractivity contribution in [3.63, 3.8) is 0 Å². The maximum Gasteiger partial charge on any atom is 0.328 e. The normalized spacial score (nSPS) is 17.1. The largest absolute Gasteiger partial charge is 0.383 e. The fourth-order valence-electron chi connectivity index (χ4n) is 5.34. The molecule has 2 atom stereocenters. The second kappa shape index (κ2) is 14.2. The second-order valence-electron chi connectivity index (χ2n) is 10.2. The number of rotatable bonds is 11. The highest BCUT2D eigenvalue weighted by molar-refractivity contribution is 6.01. The first-order valence-electron chi connectivity index (χ1n) is 13.7. The van der Waals surface area contributed by atoms with E-state index >= 15 is 0 Å². The summed E-state index contributed by atoms with van der Waals surface area (Å²) >= 11 is 0. The van der Waals surface area contributed by atoms with Crippen LogP contribution in [0.25, 0.3) is 0 Å². The van der Waals surface area contributed by atoms with Crippen LogP contribution in [-0.4, -0.2) is 87.1 Å². The molecule has 2 N–H and O–H groups in total. The number of likely N-dealkylation sites (tertiary alicyclic amines) is 1. The Morgan fingerprint density at radius 3 is 2.67 bits per heavy atom. The van der Waals surface area contributed by atoms with Gasteiger partial charge in [-0.05, 0) is 43.4 Å². The van der Waals surface area contributed by atoms with Gasteiger partial charge in [-0.1, -0.05) is 0 Å². The quantitative estimate of drug-likeness (QED) is 0.299. The average Bonchev–Trinajstić information content (AvgIpc) is 3.39. The van der Waals surface area contributed by atoms with Gasteiger partial charge in [0.2, 0.25) is 6.29 Å². The second-order valence-corrected chi connectivity index (χ2v) is 10.2. The Kier molecular flexibility index (Phi) is 10.5. The van der Waals surface area contributed by atoms with Gasteiger partial charge in [-0.15, -0.1) is 0 Å². The number of hydrogen-bond acceptors (Lipinski definition) is 11. The zero-order valence-corrected chi connectivity index (χ0v) is 24.6. The van der Waals surface area contributed by atoms with Crippen molar-refractivity contribution in [2.45, 2.75) is 51.2 Å². The Morgan fingerprint density at radius 2 is 2.00 bits per heavy atom. The molecule has 4 heterocycles. The molecule has 0 aromatic carbocycles. The highest BCUT2D eigenvalue weighted by Gasteiger charge is 2.33. The Morgan fingerprint density at radius 1 is 1.21 bits per heavy atom. The van der Waals surface area contributed by atoms with Crippen LogP contribution in [0.4, 0.5) is 22.1 Å². The summed E-state index contributed by atoms with van der Waals surface area (Å²) < 4.78 is 21.8. The van der Waals surface area contributed by atoms with E-state index in [0.717, 1.165) is 24.0 Å². The summed E-state index contributed by atoms with van der Waals surface area (Å²) in [7, 11) is 6.22. The van der Waals surface area contributed by atoms with Crippen LogP contribution in [0.15, 0.2) is 24.0 Å². The van der Waals surface area contributed by atoms with Crippen LogP contribution in [0.5, 0.6) is 0 Å². The van der Waals surface area contributed by atoms with E-state index < -0.39 is 12.3 Å². The molecule has 0 spiro atoms. The van der Waals surface area contributed by atoms with Crippen molar-refractivity contribution in [3.8, 4) is 6.07 Å². The topological polar surface area (TPSA) is 151 Å². The zero-order chi connectivity index (χ0) is 30.2. The number of nitriles is 1. The SMILES string of the molecule is COCC(C)Nc1cc(NC(=O)N2CCCc3cc(CN4CC[C@@H](OC)C4=C=O)c(C(OC)OC)nc32)ncc1C#N. The molecule has 0 radical (unpaired) electrons. The van der Waals surface area contributed by atoms with Crippen LogP contribution in [0.2, 0.25) is 0 Å². The number of anilines is 3. The third-order valence-corrected chi connectivity index (χ3v) is 7.31. The lowest BCUT2D eigenvalue weighted by atomic mass is 10.0. The number of nitrogens with one attached hydrogen (secondary N) is 2. The van der Waals surface area contributed by atoms with Crippen molar-refractivity contribution in [2.75, 3.05) is 63.7 Å². The van der Waals surface area contributed by atoms with Crippen molar-refractivity contribution in [2.24, 2.45) is 0 Å². The number of pyridine rings is 2. The first-order chi connectivity index (χ1) is 20.4. The van der Waals surface area contributed by atoms with Crippen molar-refractivity contribution in [1.29, 1.82) is 5.26 Å². The molecule has 2 amide bonds. The van der Waals surface area contributed by atoms with Gasteiger partial charge < -0.3 is 29.2 Å². The number of carbonyl (C=O) groups excluding carboxylic acids is 2. The van der Waals surface area contributed by atoms with Crippen LogP contribution < -0.4 is 15.5 Å². The molecule has 0 aliphatic carbocycles. The van der Waals surface area contributed by atoms with E-state index in [2.05, 4.69) is 21.7 Å². The van der Waals surface area contributed by atoms with Gasteiger partial charge in [-0.2, -0.15) is 5.26 Å². The summed E-state index contributed by atoms with van der Waals surface area (Å²) in [5.74, 6) is 2.82. The molecule has 42 heavy (non-hydrogen) atoms. The number of aryl methyl sites for hydroxylation is 1. The van der Waals surface area contributed by atoms with Gasteiger partial charge in [-0.25, -0.2) is 19.6 Å². The number of hydrogen-bond donors (Lipinski definition) is 2. The maximum absolute atomic E-state index is 13.6. The molecular formula is C29H37N7O6. The molecule has 0 saturated carbocycles. The van der Waals surface area contributed by atoms with Gasteiger partial charge in [0.25, 0.3) is 0 Å². The molecule has 2 aliphatic rings. The molecule has 224 valence electrons. The Hall–Kier alpha value is -4.05. The minimum atomic E-state index is -0.787. The molecule has 13 heteroatoms. The minimum absolute atomic E-state index is 0.0626. The van der Waals surface area contributed by atoms with Crippen molar-refractivity contribution in [1.82, 2.24) is 14.9 Å². The summed E-state index contributed by atoms with van der Waals surface area (Å²) in [5, 5.41) is 15.6. The van der Waals surface area contributed by atoms with Gasteiger partial charge in [0.1, 0.15) is 41.1 Å². The molecule has 1 saturated heterocycles. The lowest BCUT2D eigenvalue weighted by Gasteiger charge is -2.31. The van der Waals surface area contributed by atoms with E-state index in [9.17, 15) is 14.9 Å². The van der Waals surface area contributed by atoms with Crippen LogP contribution in [-0.2, 0) is 36.7 Å².